The molecule has 1 N–H and O–H groups in total. The van der Waals surface area contributed by atoms with E-state index >= 15 is 0 Å². The minimum atomic E-state index is -0.776. The molecule has 162 valence electrons. The molecular weight excluding hydrogens is 407 g/mol. The molecule has 0 bridgehead atoms. The van der Waals surface area contributed by atoms with Gasteiger partial charge in [-0.25, -0.2) is 4.39 Å². The van der Waals surface area contributed by atoms with Gasteiger partial charge in [0.15, 0.2) is 0 Å². The van der Waals surface area contributed by atoms with E-state index in [2.05, 4.69) is 18.8 Å². The molecule has 32 heavy (non-hydrogen) atoms. The standard InChI is InChI=1S/C26H23FN2O3/c1-16(2)18-5-7-19(8-6-18)23-22(24(30)20-9-11-21(27)12-10-20)25(31)26(32)29(23)15-17-4-3-13-28-14-17/h3-14,16,23,30H,15H2,1-2H3/b24-22-. The maximum absolute atomic E-state index is 13.4. The highest BCUT2D eigenvalue weighted by molar-refractivity contribution is 6.46. The number of ketones is 1. The quantitative estimate of drug-likeness (QED) is 0.353. The van der Waals surface area contributed by atoms with Crippen LogP contribution in [0.5, 0.6) is 0 Å². The Kier molecular flexibility index (Phi) is 5.86. The van der Waals surface area contributed by atoms with E-state index < -0.39 is 23.5 Å². The summed E-state index contributed by atoms with van der Waals surface area (Å²) in [5, 5.41) is 11.0. The van der Waals surface area contributed by atoms with Gasteiger partial charge in [0.1, 0.15) is 11.6 Å². The number of hydrogen-bond donors (Lipinski definition) is 1. The zero-order valence-electron chi connectivity index (χ0n) is 17.8. The second kappa shape index (κ2) is 8.75. The Labute approximate surface area is 185 Å². The fraction of sp³-hybridized carbons (Fsp3) is 0.192. The number of nitrogens with zero attached hydrogens (tertiary/aromatic N) is 2. The van der Waals surface area contributed by atoms with Crippen molar-refractivity contribution in [3.8, 4) is 0 Å². The summed E-state index contributed by atoms with van der Waals surface area (Å²) in [5.74, 6) is -1.93. The number of rotatable bonds is 5. The highest BCUT2D eigenvalue weighted by Gasteiger charge is 2.46. The number of likely N-dealkylation sites (tertiary alicyclic amines) is 1. The van der Waals surface area contributed by atoms with Crippen LogP contribution in [0, 0.1) is 5.82 Å². The zero-order valence-corrected chi connectivity index (χ0v) is 17.8. The number of amides is 1. The summed E-state index contributed by atoms with van der Waals surface area (Å²) in [6.07, 6.45) is 3.27. The van der Waals surface area contributed by atoms with E-state index in [0.717, 1.165) is 11.1 Å². The molecule has 0 saturated carbocycles. The summed E-state index contributed by atoms with van der Waals surface area (Å²) >= 11 is 0. The van der Waals surface area contributed by atoms with Crippen molar-refractivity contribution in [3.63, 3.8) is 0 Å². The van der Waals surface area contributed by atoms with E-state index in [-0.39, 0.29) is 23.4 Å². The van der Waals surface area contributed by atoms with Crippen molar-refractivity contribution in [1.29, 1.82) is 0 Å². The van der Waals surface area contributed by atoms with Gasteiger partial charge in [-0.1, -0.05) is 44.2 Å². The second-order valence-corrected chi connectivity index (χ2v) is 8.12. The number of carbonyl (C=O) groups is 2. The molecule has 0 spiro atoms. The van der Waals surface area contributed by atoms with Crippen molar-refractivity contribution < 1.29 is 19.1 Å². The monoisotopic (exact) mass is 430 g/mol. The number of pyridine rings is 1. The van der Waals surface area contributed by atoms with Gasteiger partial charge in [0.2, 0.25) is 0 Å². The van der Waals surface area contributed by atoms with Crippen LogP contribution in [0.2, 0.25) is 0 Å². The maximum atomic E-state index is 13.4. The molecule has 1 aromatic heterocycles. The van der Waals surface area contributed by atoms with Gasteiger partial charge in [-0.2, -0.15) is 0 Å². The van der Waals surface area contributed by atoms with Gasteiger partial charge in [0.05, 0.1) is 11.6 Å². The SMILES string of the molecule is CC(C)c1ccc(C2/C(=C(/O)c3ccc(F)cc3)C(=O)C(=O)N2Cc2cccnc2)cc1. The summed E-state index contributed by atoms with van der Waals surface area (Å²) in [7, 11) is 0. The number of carbonyl (C=O) groups excluding carboxylic acids is 2. The minimum Gasteiger partial charge on any atom is -0.507 e. The number of hydrogen-bond acceptors (Lipinski definition) is 4. The van der Waals surface area contributed by atoms with Crippen LogP contribution < -0.4 is 0 Å². The van der Waals surface area contributed by atoms with E-state index in [1.807, 2.05) is 30.3 Å². The minimum absolute atomic E-state index is 0.0113. The molecule has 1 aliphatic rings. The smallest absolute Gasteiger partial charge is 0.295 e. The number of aromatic nitrogens is 1. The van der Waals surface area contributed by atoms with Crippen LogP contribution in [0.1, 0.15) is 48.1 Å². The Hall–Kier alpha value is -3.80. The molecule has 0 radical (unpaired) electrons. The van der Waals surface area contributed by atoms with Crippen molar-refractivity contribution >= 4 is 17.4 Å². The molecule has 1 unspecified atom stereocenters. The zero-order chi connectivity index (χ0) is 22.8. The highest BCUT2D eigenvalue weighted by atomic mass is 19.1. The Balaban J connectivity index is 1.84. The number of Topliss-reactive ketones (excluding diaryl/α,β-unsaturated/α-hetero) is 1. The summed E-state index contributed by atoms with van der Waals surface area (Å²) in [6.45, 7) is 4.32. The Morgan fingerprint density at radius 1 is 1.06 bits per heavy atom. The van der Waals surface area contributed by atoms with Gasteiger partial charge >= 0.3 is 0 Å². The van der Waals surface area contributed by atoms with Crippen LogP contribution in [0.25, 0.3) is 5.76 Å². The summed E-state index contributed by atoms with van der Waals surface area (Å²) in [6, 6.07) is 15.7. The third kappa shape index (κ3) is 4.04. The van der Waals surface area contributed by atoms with Gasteiger partial charge in [-0.05, 0) is 52.9 Å². The van der Waals surface area contributed by atoms with Crippen molar-refractivity contribution in [3.05, 3.63) is 107 Å². The second-order valence-electron chi connectivity index (χ2n) is 8.12. The van der Waals surface area contributed by atoms with Gasteiger partial charge in [0, 0.05) is 24.5 Å². The number of benzene rings is 2. The predicted molar refractivity (Wildman–Crippen MR) is 119 cm³/mol. The average molecular weight is 430 g/mol. The van der Waals surface area contributed by atoms with Crippen molar-refractivity contribution in [2.24, 2.45) is 0 Å². The topological polar surface area (TPSA) is 70.5 Å². The van der Waals surface area contributed by atoms with Crippen molar-refractivity contribution in [2.75, 3.05) is 0 Å². The average Bonchev–Trinajstić information content (AvgIpc) is 3.05. The van der Waals surface area contributed by atoms with Crippen LogP contribution in [0.4, 0.5) is 4.39 Å². The molecule has 4 rings (SSSR count). The van der Waals surface area contributed by atoms with Crippen LogP contribution in [0.15, 0.2) is 78.6 Å². The lowest BCUT2D eigenvalue weighted by Crippen LogP contribution is -2.29. The molecule has 6 heteroatoms. The van der Waals surface area contributed by atoms with Crippen LogP contribution in [0.3, 0.4) is 0 Å². The first-order valence-electron chi connectivity index (χ1n) is 10.4. The fourth-order valence-electron chi connectivity index (χ4n) is 3.90. The Bertz CT molecular complexity index is 1170. The third-order valence-electron chi connectivity index (χ3n) is 5.65. The van der Waals surface area contributed by atoms with E-state index in [0.29, 0.717) is 11.5 Å². The lowest BCUT2D eigenvalue weighted by molar-refractivity contribution is -0.140. The molecule has 5 nitrogen and oxygen atoms in total. The Morgan fingerprint density at radius 2 is 1.75 bits per heavy atom. The maximum Gasteiger partial charge on any atom is 0.295 e. The van der Waals surface area contributed by atoms with Gasteiger partial charge < -0.3 is 10.0 Å². The van der Waals surface area contributed by atoms with Crippen molar-refractivity contribution in [2.45, 2.75) is 32.4 Å². The molecule has 1 amide bonds. The Morgan fingerprint density at radius 3 is 2.34 bits per heavy atom. The first-order chi connectivity index (χ1) is 15.4. The van der Waals surface area contributed by atoms with Crippen LogP contribution in [-0.2, 0) is 16.1 Å². The van der Waals surface area contributed by atoms with Gasteiger partial charge in [-0.3, -0.25) is 14.6 Å². The van der Waals surface area contributed by atoms with E-state index in [1.165, 1.54) is 29.2 Å². The largest absolute Gasteiger partial charge is 0.507 e. The summed E-state index contributed by atoms with van der Waals surface area (Å²) in [4.78, 5) is 31.6. The fourth-order valence-corrected chi connectivity index (χ4v) is 3.90. The molecule has 2 heterocycles. The van der Waals surface area contributed by atoms with E-state index in [4.69, 9.17) is 0 Å². The molecule has 2 aromatic carbocycles. The van der Waals surface area contributed by atoms with E-state index in [9.17, 15) is 19.1 Å². The first-order valence-corrected chi connectivity index (χ1v) is 10.4. The summed E-state index contributed by atoms with van der Waals surface area (Å²) < 4.78 is 13.4. The van der Waals surface area contributed by atoms with E-state index in [1.54, 1.807) is 18.5 Å². The van der Waals surface area contributed by atoms with Gasteiger partial charge in [0.25, 0.3) is 11.7 Å². The molecule has 3 aromatic rings. The molecular formula is C26H23FN2O3. The normalized spacial score (nSPS) is 17.9. The molecule has 1 fully saturated rings. The van der Waals surface area contributed by atoms with Crippen LogP contribution >= 0.6 is 0 Å². The molecule has 1 saturated heterocycles. The molecule has 1 aliphatic heterocycles. The predicted octanol–water partition coefficient (Wildman–Crippen LogP) is 4.97. The lowest BCUT2D eigenvalue weighted by atomic mass is 9.93. The molecule has 0 aliphatic carbocycles. The highest BCUT2D eigenvalue weighted by Crippen LogP contribution is 2.40. The van der Waals surface area contributed by atoms with Crippen LogP contribution in [-0.4, -0.2) is 26.7 Å². The first kappa shape index (κ1) is 21.4. The number of aliphatic hydroxyl groups is 1. The summed E-state index contributed by atoms with van der Waals surface area (Å²) in [5.41, 5.74) is 2.86. The molecule has 1 atom stereocenters. The number of aliphatic hydroxyl groups excluding tert-OH is 1. The van der Waals surface area contributed by atoms with Gasteiger partial charge in [-0.15, -0.1) is 0 Å². The number of halogens is 1. The lowest BCUT2D eigenvalue weighted by Gasteiger charge is -2.25. The third-order valence-corrected chi connectivity index (χ3v) is 5.65. The van der Waals surface area contributed by atoms with Crippen molar-refractivity contribution in [1.82, 2.24) is 9.88 Å².